The summed E-state index contributed by atoms with van der Waals surface area (Å²) >= 11 is 6.18. The number of aromatic nitrogens is 7. The number of aromatic amines is 1. The Balaban J connectivity index is 1.17. The largest absolute Gasteiger partial charge is 0.472 e. The van der Waals surface area contributed by atoms with Gasteiger partial charge >= 0.3 is 7.82 Å². The highest BCUT2D eigenvalue weighted by Gasteiger charge is 2.51. The minimum atomic E-state index is -4.83. The molecule has 7 rings (SSSR count). The van der Waals surface area contributed by atoms with Crippen molar-refractivity contribution in [2.75, 3.05) is 12.3 Å². The van der Waals surface area contributed by atoms with Gasteiger partial charge in [-0.15, -0.1) is 0 Å². The number of aliphatic hydroxyl groups excluding tert-OH is 2. The number of hydrogen-bond acceptors (Lipinski definition) is 13. The van der Waals surface area contributed by atoms with Gasteiger partial charge in [-0.25, -0.2) is 19.5 Å². The normalized spacial score (nSPS) is 35.7. The predicted molar refractivity (Wildman–Crippen MR) is 143 cm³/mol. The van der Waals surface area contributed by atoms with Crippen molar-refractivity contribution in [2.45, 2.75) is 62.2 Å². The second-order valence-electron chi connectivity index (χ2n) is 10.4. The van der Waals surface area contributed by atoms with Crippen molar-refractivity contribution in [1.29, 1.82) is 0 Å². The summed E-state index contributed by atoms with van der Waals surface area (Å²) in [7, 11) is -4.83. The van der Waals surface area contributed by atoms with Crippen LogP contribution >= 0.6 is 19.4 Å². The van der Waals surface area contributed by atoms with Crippen LogP contribution in [0.5, 0.6) is 0 Å². The number of fused-ring (bicyclic) bond motifs is 5. The van der Waals surface area contributed by atoms with Crippen LogP contribution < -0.4 is 11.3 Å². The minimum absolute atomic E-state index is 0.0384. The van der Waals surface area contributed by atoms with Gasteiger partial charge in [-0.2, -0.15) is 4.98 Å². The smallest absolute Gasteiger partial charge is 0.388 e. The summed E-state index contributed by atoms with van der Waals surface area (Å²) in [6, 6.07) is 1.71. The summed E-state index contributed by atoms with van der Waals surface area (Å²) in [4.78, 5) is 41.7. The third kappa shape index (κ3) is 4.61. The molecule has 224 valence electrons. The first-order valence-electron chi connectivity index (χ1n) is 13.1. The van der Waals surface area contributed by atoms with Gasteiger partial charge in [-0.05, 0) is 18.9 Å². The molecule has 6 N–H and O–H groups in total. The maximum absolute atomic E-state index is 13.2. The van der Waals surface area contributed by atoms with Crippen LogP contribution in [0.3, 0.4) is 0 Å². The summed E-state index contributed by atoms with van der Waals surface area (Å²) in [6.45, 7) is -0.389. The van der Waals surface area contributed by atoms with Gasteiger partial charge in [0.1, 0.15) is 35.4 Å². The molecule has 0 radical (unpaired) electrons. The molecule has 19 heteroatoms. The summed E-state index contributed by atoms with van der Waals surface area (Å²) < 4.78 is 39.2. The fourth-order valence-electron chi connectivity index (χ4n) is 6.02. The van der Waals surface area contributed by atoms with Crippen LogP contribution in [0.4, 0.5) is 5.95 Å². The Labute approximate surface area is 240 Å². The van der Waals surface area contributed by atoms with Crippen LogP contribution in [0.15, 0.2) is 29.7 Å². The van der Waals surface area contributed by atoms with Crippen LogP contribution in [0.25, 0.3) is 22.2 Å². The molecule has 17 nitrogen and oxygen atoms in total. The molecule has 9 atom stereocenters. The lowest BCUT2D eigenvalue weighted by Gasteiger charge is -2.26. The quantitative estimate of drug-likeness (QED) is 0.152. The van der Waals surface area contributed by atoms with Crippen molar-refractivity contribution >= 4 is 47.6 Å². The van der Waals surface area contributed by atoms with E-state index in [0.717, 1.165) is 0 Å². The van der Waals surface area contributed by atoms with Crippen molar-refractivity contribution in [3.05, 3.63) is 40.4 Å². The van der Waals surface area contributed by atoms with Gasteiger partial charge in [0, 0.05) is 12.1 Å². The molecule has 3 aliphatic rings. The van der Waals surface area contributed by atoms with Gasteiger partial charge in [0.05, 0.1) is 30.5 Å². The van der Waals surface area contributed by atoms with E-state index < -0.39 is 62.3 Å². The van der Waals surface area contributed by atoms with Gasteiger partial charge in [0.25, 0.3) is 5.56 Å². The number of phosphoric ester groups is 1. The Hall–Kier alpha value is -2.99. The number of nitrogen functional groups attached to an aromatic ring is 1. The second-order valence-corrected chi connectivity index (χ2v) is 12.2. The fraction of sp³-hybridized carbons (Fsp3) is 0.522. The third-order valence-corrected chi connectivity index (χ3v) is 9.26. The Bertz CT molecular complexity index is 1760. The summed E-state index contributed by atoms with van der Waals surface area (Å²) in [5, 5.41) is 23.3. The van der Waals surface area contributed by atoms with Crippen molar-refractivity contribution in [2.24, 2.45) is 5.92 Å². The maximum Gasteiger partial charge on any atom is 0.472 e. The zero-order chi connectivity index (χ0) is 29.3. The van der Waals surface area contributed by atoms with Gasteiger partial charge in [-0.3, -0.25) is 23.4 Å². The van der Waals surface area contributed by atoms with Gasteiger partial charge in [-0.1, -0.05) is 18.0 Å². The van der Waals surface area contributed by atoms with Crippen LogP contribution in [0.1, 0.15) is 31.7 Å². The van der Waals surface area contributed by atoms with Crippen molar-refractivity contribution in [3.8, 4) is 0 Å². The average molecular weight is 625 g/mol. The number of hydrogen-bond donors (Lipinski definition) is 5. The van der Waals surface area contributed by atoms with Crippen LogP contribution in [-0.4, -0.2) is 86.3 Å². The lowest BCUT2D eigenvalue weighted by Crippen LogP contribution is -2.35. The number of nitrogens with two attached hydrogens (primary N) is 1. The van der Waals surface area contributed by atoms with E-state index in [-0.39, 0.29) is 28.9 Å². The molecule has 7 heterocycles. The van der Waals surface area contributed by atoms with E-state index in [4.69, 9.17) is 35.9 Å². The Morgan fingerprint density at radius 1 is 1.07 bits per heavy atom. The number of H-pyrrole nitrogens is 1. The predicted octanol–water partition coefficient (Wildman–Crippen LogP) is 0.619. The summed E-state index contributed by atoms with van der Waals surface area (Å²) in [6.07, 6.45) is -2.00. The van der Waals surface area contributed by atoms with Crippen molar-refractivity contribution < 1.29 is 38.2 Å². The van der Waals surface area contributed by atoms with Crippen molar-refractivity contribution in [1.82, 2.24) is 34.1 Å². The van der Waals surface area contributed by atoms with Gasteiger partial charge in [0.15, 0.2) is 23.6 Å². The number of rotatable bonds is 2. The van der Waals surface area contributed by atoms with E-state index in [1.807, 2.05) is 0 Å². The lowest BCUT2D eigenvalue weighted by atomic mass is 9.91. The molecular weight excluding hydrogens is 599 g/mol. The van der Waals surface area contributed by atoms with Crippen LogP contribution in [-0.2, 0) is 23.1 Å². The molecule has 4 aromatic heterocycles. The lowest BCUT2D eigenvalue weighted by molar-refractivity contribution is -0.0567. The molecule has 2 unspecified atom stereocenters. The molecule has 3 aliphatic heterocycles. The molecule has 4 aromatic rings. The van der Waals surface area contributed by atoms with Crippen LogP contribution in [0, 0.1) is 5.92 Å². The number of nitrogens with one attached hydrogen (secondary N) is 1. The molecular formula is C23H26ClN8O9P. The second kappa shape index (κ2) is 10.3. The first-order chi connectivity index (χ1) is 20.1. The Morgan fingerprint density at radius 3 is 2.71 bits per heavy atom. The minimum Gasteiger partial charge on any atom is -0.388 e. The molecule has 0 aromatic carbocycles. The molecule has 42 heavy (non-hydrogen) atoms. The van der Waals surface area contributed by atoms with E-state index in [0.29, 0.717) is 30.3 Å². The fourth-order valence-corrected chi connectivity index (χ4v) is 7.14. The van der Waals surface area contributed by atoms with E-state index in [9.17, 15) is 24.5 Å². The SMILES string of the molecule is Nc1nc2c(ncn2[C@@H]2OC3CCC[C@H]4[C@@H](O)[C@H](n5ccc6c(Cl)ncnc65)O[C@@H]4COP(=O)(O)O[C@@H]2[C@@H]3O)c(=O)[nH]1. The summed E-state index contributed by atoms with van der Waals surface area (Å²) in [5.41, 5.74) is 5.58. The summed E-state index contributed by atoms with van der Waals surface area (Å²) in [5.74, 6) is -0.679. The highest BCUT2D eigenvalue weighted by molar-refractivity contribution is 7.47. The van der Waals surface area contributed by atoms with E-state index in [2.05, 4.69) is 24.9 Å². The number of phosphoric acid groups is 1. The van der Waals surface area contributed by atoms with Gasteiger partial charge < -0.3 is 34.9 Å². The first-order valence-corrected chi connectivity index (χ1v) is 15.0. The zero-order valence-electron chi connectivity index (χ0n) is 21.6. The standard InChI is InChI=1S/C23H26ClN8O9P/c24-17-10-4-5-31(18(10)27-7-26-17)21-14(33)9-2-1-3-11-15(34)16(41-42(36,37)38-6-12(9)40-21)22(39-11)32-8-28-13-19(32)29-23(25)30-20(13)35/h4-5,7-9,11-12,14-16,21-22,33-34H,1-3,6H2,(H,36,37)(H3,25,29,30,35)/t9-,11?,12-,14-,15-,16-,21-,22-/m1/s1. The molecule has 0 spiro atoms. The van der Waals surface area contributed by atoms with E-state index in [1.54, 1.807) is 16.8 Å². The number of anilines is 1. The number of halogens is 1. The zero-order valence-corrected chi connectivity index (χ0v) is 23.3. The van der Waals surface area contributed by atoms with E-state index in [1.165, 1.54) is 17.2 Å². The Morgan fingerprint density at radius 2 is 1.88 bits per heavy atom. The maximum atomic E-state index is 13.2. The Kier molecular flexibility index (Phi) is 6.84. The highest BCUT2D eigenvalue weighted by atomic mass is 35.5. The average Bonchev–Trinajstić information content (AvgIpc) is 3.69. The molecule has 0 amide bonds. The molecule has 2 bridgehead atoms. The number of imidazole rings is 1. The number of nitrogens with zero attached hydrogens (tertiary/aromatic N) is 6. The van der Waals surface area contributed by atoms with E-state index >= 15 is 0 Å². The monoisotopic (exact) mass is 624 g/mol. The molecule has 0 saturated carbocycles. The first kappa shape index (κ1) is 27.8. The van der Waals surface area contributed by atoms with Crippen LogP contribution in [0.2, 0.25) is 5.15 Å². The molecule has 0 aliphatic carbocycles. The molecule has 3 fully saturated rings. The number of ether oxygens (including phenoxy) is 2. The van der Waals surface area contributed by atoms with Crippen molar-refractivity contribution in [3.63, 3.8) is 0 Å². The highest BCUT2D eigenvalue weighted by Crippen LogP contribution is 2.51. The van der Waals surface area contributed by atoms with Gasteiger partial charge in [0.2, 0.25) is 5.95 Å². The topological polar surface area (TPSA) is 235 Å². The third-order valence-electron chi connectivity index (χ3n) is 7.98. The molecule has 3 saturated heterocycles. The number of aliphatic hydroxyl groups is 2.